The molecule has 0 aliphatic carbocycles. The molecule has 5 nitrogen and oxygen atoms in total. The Morgan fingerprint density at radius 2 is 2.29 bits per heavy atom. The van der Waals surface area contributed by atoms with Gasteiger partial charge in [-0.25, -0.2) is 0 Å². The fourth-order valence-corrected chi connectivity index (χ4v) is 2.96. The van der Waals surface area contributed by atoms with E-state index in [2.05, 4.69) is 20.4 Å². The van der Waals surface area contributed by atoms with Gasteiger partial charge in [-0.1, -0.05) is 24.2 Å². The van der Waals surface area contributed by atoms with Crippen molar-refractivity contribution in [2.75, 3.05) is 25.5 Å². The van der Waals surface area contributed by atoms with Crippen LogP contribution in [0.1, 0.15) is 30.7 Å². The molecule has 0 amide bonds. The fraction of sp³-hybridized carbons (Fsp3) is 0.818. The van der Waals surface area contributed by atoms with Crippen LogP contribution in [0.5, 0.6) is 0 Å². The van der Waals surface area contributed by atoms with E-state index in [1.807, 2.05) is 7.05 Å². The number of likely N-dealkylation sites (tertiary alicyclic amines) is 1. The van der Waals surface area contributed by atoms with Gasteiger partial charge in [-0.3, -0.25) is 4.90 Å². The van der Waals surface area contributed by atoms with E-state index in [9.17, 15) is 5.11 Å². The molecule has 1 fully saturated rings. The average molecular weight is 256 g/mol. The second-order valence-electron chi connectivity index (χ2n) is 4.41. The first-order valence-corrected chi connectivity index (χ1v) is 7.00. The van der Waals surface area contributed by atoms with Crippen LogP contribution in [0.3, 0.4) is 0 Å². The Labute approximate surface area is 106 Å². The lowest BCUT2D eigenvalue weighted by Crippen LogP contribution is -2.36. The molecule has 1 atom stereocenters. The number of rotatable bonds is 4. The van der Waals surface area contributed by atoms with Gasteiger partial charge in [0.15, 0.2) is 0 Å². The van der Waals surface area contributed by atoms with Crippen molar-refractivity contribution in [3.8, 4) is 0 Å². The summed E-state index contributed by atoms with van der Waals surface area (Å²) in [5.74, 6) is 0. The number of nitrogens with zero attached hydrogens (tertiary/aromatic N) is 3. The molecule has 0 radical (unpaired) electrons. The maximum Gasteiger partial charge on any atom is 0.205 e. The highest BCUT2D eigenvalue weighted by molar-refractivity contribution is 7.15. The van der Waals surface area contributed by atoms with E-state index in [4.69, 9.17) is 0 Å². The second kappa shape index (κ2) is 6.28. The van der Waals surface area contributed by atoms with Crippen LogP contribution < -0.4 is 5.32 Å². The van der Waals surface area contributed by atoms with Gasteiger partial charge in [-0.05, 0) is 19.4 Å². The van der Waals surface area contributed by atoms with Gasteiger partial charge in [0.05, 0.1) is 13.2 Å². The monoisotopic (exact) mass is 256 g/mol. The number of hydrogen-bond acceptors (Lipinski definition) is 6. The van der Waals surface area contributed by atoms with Crippen LogP contribution in [0.2, 0.25) is 0 Å². The van der Waals surface area contributed by atoms with E-state index < -0.39 is 0 Å². The summed E-state index contributed by atoms with van der Waals surface area (Å²) in [5, 5.41) is 22.5. The summed E-state index contributed by atoms with van der Waals surface area (Å²) in [7, 11) is 1.85. The largest absolute Gasteiger partial charge is 0.395 e. The van der Waals surface area contributed by atoms with Crippen LogP contribution in [0.25, 0.3) is 0 Å². The summed E-state index contributed by atoms with van der Waals surface area (Å²) in [4.78, 5) is 2.34. The lowest BCUT2D eigenvalue weighted by molar-refractivity contribution is 0.118. The minimum atomic E-state index is 0.248. The number of anilines is 1. The predicted molar refractivity (Wildman–Crippen MR) is 69.2 cm³/mol. The predicted octanol–water partition coefficient (Wildman–Crippen LogP) is 1.32. The Morgan fingerprint density at radius 1 is 1.41 bits per heavy atom. The second-order valence-corrected chi connectivity index (χ2v) is 5.47. The highest BCUT2D eigenvalue weighted by Crippen LogP contribution is 2.21. The highest BCUT2D eigenvalue weighted by atomic mass is 32.1. The molecule has 17 heavy (non-hydrogen) atoms. The molecule has 2 rings (SSSR count). The van der Waals surface area contributed by atoms with Gasteiger partial charge in [0.1, 0.15) is 5.01 Å². The van der Waals surface area contributed by atoms with Crippen LogP contribution in [-0.2, 0) is 6.54 Å². The Morgan fingerprint density at radius 3 is 3.00 bits per heavy atom. The third-order valence-electron chi connectivity index (χ3n) is 3.23. The standard InChI is InChI=1S/C11H20N4OS/c1-12-11-14-13-10(17-11)7-15-6-4-2-3-5-9(15)8-16/h9,16H,2-8H2,1H3,(H,12,14). The average Bonchev–Trinajstić information content (AvgIpc) is 2.68. The van der Waals surface area contributed by atoms with E-state index in [1.54, 1.807) is 11.3 Å². The summed E-state index contributed by atoms with van der Waals surface area (Å²) < 4.78 is 0. The number of aliphatic hydroxyl groups excluding tert-OH is 1. The lowest BCUT2D eigenvalue weighted by Gasteiger charge is -2.27. The molecular formula is C11H20N4OS. The molecule has 1 aliphatic heterocycles. The fourth-order valence-electron chi connectivity index (χ4n) is 2.24. The van der Waals surface area contributed by atoms with Crippen LogP contribution in [-0.4, -0.2) is 46.4 Å². The first kappa shape index (κ1) is 12.7. The van der Waals surface area contributed by atoms with Gasteiger partial charge in [-0.15, -0.1) is 10.2 Å². The molecule has 1 aromatic rings. The normalized spacial score (nSPS) is 22.4. The van der Waals surface area contributed by atoms with E-state index in [1.165, 1.54) is 19.3 Å². The third kappa shape index (κ3) is 3.37. The minimum absolute atomic E-state index is 0.248. The molecule has 6 heteroatoms. The van der Waals surface area contributed by atoms with Crippen LogP contribution in [0.15, 0.2) is 0 Å². The Balaban J connectivity index is 1.99. The van der Waals surface area contributed by atoms with Crippen molar-refractivity contribution in [3.05, 3.63) is 5.01 Å². The van der Waals surface area contributed by atoms with Gasteiger partial charge in [0, 0.05) is 13.1 Å². The van der Waals surface area contributed by atoms with Crippen molar-refractivity contribution in [2.24, 2.45) is 0 Å². The number of hydrogen-bond donors (Lipinski definition) is 2. The lowest BCUT2D eigenvalue weighted by atomic mass is 10.1. The van der Waals surface area contributed by atoms with Crippen molar-refractivity contribution in [1.82, 2.24) is 15.1 Å². The Hall–Kier alpha value is -0.720. The van der Waals surface area contributed by atoms with Crippen molar-refractivity contribution < 1.29 is 5.11 Å². The summed E-state index contributed by atoms with van der Waals surface area (Å²) in [6, 6.07) is 0.291. The summed E-state index contributed by atoms with van der Waals surface area (Å²) in [5.41, 5.74) is 0. The zero-order chi connectivity index (χ0) is 12.1. The summed E-state index contributed by atoms with van der Waals surface area (Å²) in [6.07, 6.45) is 4.80. The maximum absolute atomic E-state index is 9.43. The molecule has 1 saturated heterocycles. The molecular weight excluding hydrogens is 236 g/mol. The van der Waals surface area contributed by atoms with Crippen LogP contribution >= 0.6 is 11.3 Å². The summed E-state index contributed by atoms with van der Waals surface area (Å²) in [6.45, 7) is 2.11. The van der Waals surface area contributed by atoms with Crippen LogP contribution in [0, 0.1) is 0 Å². The van der Waals surface area contributed by atoms with E-state index >= 15 is 0 Å². The molecule has 0 saturated carbocycles. The number of aliphatic hydroxyl groups is 1. The zero-order valence-corrected chi connectivity index (χ0v) is 11.0. The van der Waals surface area contributed by atoms with Crippen molar-refractivity contribution in [1.29, 1.82) is 0 Å². The smallest absolute Gasteiger partial charge is 0.205 e. The van der Waals surface area contributed by atoms with Gasteiger partial charge in [0.2, 0.25) is 5.13 Å². The van der Waals surface area contributed by atoms with E-state index in [-0.39, 0.29) is 6.61 Å². The summed E-state index contributed by atoms with van der Waals surface area (Å²) >= 11 is 1.59. The SMILES string of the molecule is CNc1nnc(CN2CCCCCC2CO)s1. The molecule has 2 heterocycles. The molecule has 1 aromatic heterocycles. The van der Waals surface area contributed by atoms with Crippen molar-refractivity contribution in [2.45, 2.75) is 38.3 Å². The van der Waals surface area contributed by atoms with Crippen LogP contribution in [0.4, 0.5) is 5.13 Å². The molecule has 0 spiro atoms. The Kier molecular flexibility index (Phi) is 4.70. The quantitative estimate of drug-likeness (QED) is 0.850. The number of aromatic nitrogens is 2. The minimum Gasteiger partial charge on any atom is -0.395 e. The van der Waals surface area contributed by atoms with E-state index in [0.717, 1.165) is 29.6 Å². The van der Waals surface area contributed by atoms with Gasteiger partial charge >= 0.3 is 0 Å². The first-order chi connectivity index (χ1) is 8.33. The molecule has 2 N–H and O–H groups in total. The molecule has 96 valence electrons. The zero-order valence-electron chi connectivity index (χ0n) is 10.2. The molecule has 1 aliphatic rings. The van der Waals surface area contributed by atoms with Gasteiger partial charge < -0.3 is 10.4 Å². The molecule has 0 bridgehead atoms. The van der Waals surface area contributed by atoms with Gasteiger partial charge in [-0.2, -0.15) is 0 Å². The molecule has 1 unspecified atom stereocenters. The number of nitrogens with one attached hydrogen (secondary N) is 1. The van der Waals surface area contributed by atoms with E-state index in [0.29, 0.717) is 6.04 Å². The van der Waals surface area contributed by atoms with Crippen molar-refractivity contribution >= 4 is 16.5 Å². The maximum atomic E-state index is 9.43. The first-order valence-electron chi connectivity index (χ1n) is 6.18. The third-order valence-corrected chi connectivity index (χ3v) is 4.15. The topological polar surface area (TPSA) is 61.3 Å². The highest BCUT2D eigenvalue weighted by Gasteiger charge is 2.21. The van der Waals surface area contributed by atoms with Gasteiger partial charge in [0.25, 0.3) is 0 Å². The Bertz CT molecular complexity index is 344. The molecule has 0 aromatic carbocycles. The van der Waals surface area contributed by atoms with Crippen molar-refractivity contribution in [3.63, 3.8) is 0 Å².